The Hall–Kier alpha value is -0.620. The Bertz CT molecular complexity index is 341. The number of aliphatic hydroxyl groups is 1. The van der Waals surface area contributed by atoms with E-state index in [0.717, 1.165) is 0 Å². The molecule has 1 N–H and O–H groups in total. The molecule has 0 saturated heterocycles. The maximum Gasteiger partial charge on any atom is 0.446 e. The van der Waals surface area contributed by atoms with Crippen molar-refractivity contribution in [3.05, 3.63) is 0 Å². The molecule has 3 unspecified atom stereocenters. The summed E-state index contributed by atoms with van der Waals surface area (Å²) in [7, 11) is 0. The molecule has 3 atom stereocenters. The van der Waals surface area contributed by atoms with Crippen molar-refractivity contribution in [1.82, 2.24) is 0 Å². The van der Waals surface area contributed by atoms with Gasteiger partial charge in [-0.1, -0.05) is 0 Å². The fourth-order valence-corrected chi connectivity index (χ4v) is 2.04. The lowest BCUT2D eigenvalue weighted by atomic mass is 9.95. The van der Waals surface area contributed by atoms with Crippen LogP contribution in [0.2, 0.25) is 0 Å². The normalized spacial score (nSPS) is 26.9. The molecule has 0 bridgehead atoms. The minimum atomic E-state index is -5.67. The van der Waals surface area contributed by atoms with Gasteiger partial charge in [0.1, 0.15) is 6.10 Å². The summed E-state index contributed by atoms with van der Waals surface area (Å²) in [6.07, 6.45) is -6.54. The minimum Gasteiger partial charge on any atom is -0.691 e. The summed E-state index contributed by atoms with van der Waals surface area (Å²) in [5.74, 6) is -2.26. The standard InChI is InChI=1S/C9H12F4O6S/c10-8(9(11,12)13,20-19-18-16)7(15)17-6-3-1-2-5(14)4-6/h5-6,14,16H,1-4H2/p-1. The van der Waals surface area contributed by atoms with Gasteiger partial charge in [0.15, 0.2) is 0 Å². The number of rotatable bonds is 5. The summed E-state index contributed by atoms with van der Waals surface area (Å²) in [5.41, 5.74) is 0. The zero-order valence-corrected chi connectivity index (χ0v) is 10.7. The monoisotopic (exact) mass is 323 g/mol. The molecule has 0 aromatic heterocycles. The van der Waals surface area contributed by atoms with E-state index in [9.17, 15) is 32.7 Å². The van der Waals surface area contributed by atoms with Crippen LogP contribution in [0.1, 0.15) is 25.7 Å². The van der Waals surface area contributed by atoms with Gasteiger partial charge in [-0.2, -0.15) is 17.5 Å². The fraction of sp³-hybridized carbons (Fsp3) is 0.889. The van der Waals surface area contributed by atoms with E-state index in [1.807, 2.05) is 0 Å². The van der Waals surface area contributed by atoms with Crippen LogP contribution in [-0.2, 0) is 18.9 Å². The average molecular weight is 323 g/mol. The maximum atomic E-state index is 13.7. The Morgan fingerprint density at radius 1 is 1.30 bits per heavy atom. The molecule has 0 radical (unpaired) electrons. The van der Waals surface area contributed by atoms with Gasteiger partial charge in [0.2, 0.25) is 0 Å². The third-order valence-corrected chi connectivity index (χ3v) is 3.43. The first-order valence-corrected chi connectivity index (χ1v) is 6.24. The Kier molecular flexibility index (Phi) is 6.01. The summed E-state index contributed by atoms with van der Waals surface area (Å²) in [6, 6.07) is 0. The summed E-state index contributed by atoms with van der Waals surface area (Å²) in [5, 5.41) is 16.8. The molecule has 0 amide bonds. The van der Waals surface area contributed by atoms with Crippen LogP contribution in [0.4, 0.5) is 17.6 Å². The first-order chi connectivity index (χ1) is 9.20. The molecule has 1 fully saturated rings. The molecule has 1 saturated carbocycles. The maximum absolute atomic E-state index is 13.7. The highest BCUT2D eigenvalue weighted by Gasteiger charge is 2.66. The van der Waals surface area contributed by atoms with Crippen LogP contribution in [0.5, 0.6) is 0 Å². The van der Waals surface area contributed by atoms with Gasteiger partial charge in [-0.05, 0) is 19.3 Å². The fourth-order valence-electron chi connectivity index (χ4n) is 1.71. The van der Waals surface area contributed by atoms with Crippen molar-refractivity contribution in [3.63, 3.8) is 0 Å². The highest BCUT2D eigenvalue weighted by Crippen LogP contribution is 2.45. The number of alkyl halides is 4. The molecule has 0 aromatic carbocycles. The van der Waals surface area contributed by atoms with E-state index in [2.05, 4.69) is 14.1 Å². The largest absolute Gasteiger partial charge is 0.691 e. The molecule has 1 rings (SSSR count). The van der Waals surface area contributed by atoms with Crippen molar-refractivity contribution in [3.8, 4) is 0 Å². The van der Waals surface area contributed by atoms with Gasteiger partial charge >= 0.3 is 17.1 Å². The van der Waals surface area contributed by atoms with Gasteiger partial charge in [0, 0.05) is 6.42 Å². The van der Waals surface area contributed by atoms with Crippen LogP contribution in [0.15, 0.2) is 0 Å². The SMILES string of the molecule is O=C(OC1CCCC(O)C1)C(F)(SOO[O-])C(F)(F)F. The van der Waals surface area contributed by atoms with Crippen LogP contribution in [0.3, 0.4) is 0 Å². The molecule has 6 nitrogen and oxygen atoms in total. The number of ether oxygens (including phenoxy) is 1. The molecule has 0 aliphatic heterocycles. The lowest BCUT2D eigenvalue weighted by molar-refractivity contribution is -0.777. The summed E-state index contributed by atoms with van der Waals surface area (Å²) in [4.78, 5) is 11.3. The van der Waals surface area contributed by atoms with E-state index in [1.54, 1.807) is 0 Å². The molecule has 0 spiro atoms. The van der Waals surface area contributed by atoms with Crippen molar-refractivity contribution in [2.75, 3.05) is 0 Å². The molecule has 1 aliphatic carbocycles. The van der Waals surface area contributed by atoms with Crippen molar-refractivity contribution < 1.29 is 46.8 Å². The number of hydrogen-bond acceptors (Lipinski definition) is 7. The highest BCUT2D eigenvalue weighted by molar-refractivity contribution is 7.96. The number of halogens is 4. The second kappa shape index (κ2) is 6.89. The predicted molar refractivity (Wildman–Crippen MR) is 54.0 cm³/mol. The Balaban J connectivity index is 2.73. The third-order valence-electron chi connectivity index (χ3n) is 2.68. The van der Waals surface area contributed by atoms with Crippen LogP contribution >= 0.6 is 12.0 Å². The van der Waals surface area contributed by atoms with Gasteiger partial charge in [0.05, 0.1) is 18.1 Å². The van der Waals surface area contributed by atoms with Crippen molar-refractivity contribution >= 4 is 18.0 Å². The minimum absolute atomic E-state index is 0.0801. The molecule has 11 heteroatoms. The number of hydrogen-bond donors (Lipinski definition) is 1. The van der Waals surface area contributed by atoms with Gasteiger partial charge in [-0.3, -0.25) is 5.04 Å². The van der Waals surface area contributed by atoms with E-state index in [4.69, 9.17) is 0 Å². The molecule has 20 heavy (non-hydrogen) atoms. The van der Waals surface area contributed by atoms with Gasteiger partial charge < -0.3 is 15.1 Å². The number of carbonyl (C=O) groups excluding carboxylic acids is 1. The topological polar surface area (TPSA) is 88.1 Å². The van der Waals surface area contributed by atoms with E-state index >= 15 is 0 Å². The molecule has 1 aliphatic rings. The Labute approximate surface area is 115 Å². The predicted octanol–water partition coefficient (Wildman–Crippen LogP) is 0.933. The molecular weight excluding hydrogens is 312 g/mol. The van der Waals surface area contributed by atoms with Crippen LogP contribution in [0.25, 0.3) is 0 Å². The third kappa shape index (κ3) is 4.19. The van der Waals surface area contributed by atoms with E-state index < -0.39 is 41.4 Å². The van der Waals surface area contributed by atoms with Crippen LogP contribution in [-0.4, -0.2) is 34.5 Å². The quantitative estimate of drug-likeness (QED) is 0.265. The Morgan fingerprint density at radius 2 is 1.95 bits per heavy atom. The highest BCUT2D eigenvalue weighted by atomic mass is 32.2. The number of carbonyl (C=O) groups is 1. The van der Waals surface area contributed by atoms with Crippen LogP contribution in [0, 0.1) is 0 Å². The molecule has 0 aromatic rings. The van der Waals surface area contributed by atoms with Gasteiger partial charge in [-0.25, -0.2) is 9.18 Å². The van der Waals surface area contributed by atoms with E-state index in [1.165, 1.54) is 0 Å². The molecule has 118 valence electrons. The first-order valence-electron chi connectivity index (χ1n) is 5.50. The lowest BCUT2D eigenvalue weighted by Crippen LogP contribution is -2.48. The first kappa shape index (κ1) is 17.4. The molecular formula is C9H11F4O6S-. The van der Waals surface area contributed by atoms with Crippen molar-refractivity contribution in [2.45, 2.75) is 49.1 Å². The second-order valence-corrected chi connectivity index (χ2v) is 5.03. The Morgan fingerprint density at radius 3 is 2.45 bits per heavy atom. The smallest absolute Gasteiger partial charge is 0.446 e. The van der Waals surface area contributed by atoms with E-state index in [0.29, 0.717) is 12.8 Å². The van der Waals surface area contributed by atoms with Crippen molar-refractivity contribution in [2.24, 2.45) is 0 Å². The molecule has 0 heterocycles. The van der Waals surface area contributed by atoms with Gasteiger partial charge in [-0.15, -0.1) is 0 Å². The van der Waals surface area contributed by atoms with Gasteiger partial charge in [0.25, 0.3) is 0 Å². The summed E-state index contributed by atoms with van der Waals surface area (Å²) < 4.78 is 58.9. The van der Waals surface area contributed by atoms with E-state index in [-0.39, 0.29) is 12.8 Å². The second-order valence-electron chi connectivity index (χ2n) is 4.16. The lowest BCUT2D eigenvalue weighted by Gasteiger charge is -2.29. The van der Waals surface area contributed by atoms with Crippen molar-refractivity contribution in [1.29, 1.82) is 0 Å². The average Bonchev–Trinajstić information content (AvgIpc) is 2.34. The number of esters is 1. The van der Waals surface area contributed by atoms with Crippen LogP contribution < -0.4 is 5.26 Å². The summed E-state index contributed by atoms with van der Waals surface area (Å²) >= 11 is -1.14. The zero-order chi connectivity index (χ0) is 15.4. The summed E-state index contributed by atoms with van der Waals surface area (Å²) in [6.45, 7) is 0. The number of aliphatic hydroxyl groups excluding tert-OH is 1. The zero-order valence-electron chi connectivity index (χ0n) is 9.89.